The molecule has 2 unspecified atom stereocenters. The van der Waals surface area contributed by atoms with Crippen LogP contribution < -0.4 is 15.0 Å². The number of carbonyl (C=O) groups is 2. The summed E-state index contributed by atoms with van der Waals surface area (Å²) < 4.78 is 60.9. The van der Waals surface area contributed by atoms with Crippen LogP contribution in [0.15, 0.2) is 43.0 Å². The molecule has 2 aliphatic rings. The number of hydrogen-bond acceptors (Lipinski definition) is 6. The van der Waals surface area contributed by atoms with E-state index in [1.807, 2.05) is 0 Å². The molecule has 0 bridgehead atoms. The lowest BCUT2D eigenvalue weighted by molar-refractivity contribution is -0.274. The summed E-state index contributed by atoms with van der Waals surface area (Å²) in [5.74, 6) is -2.27. The molecule has 34 heavy (non-hydrogen) atoms. The molecule has 1 aliphatic heterocycles. The fourth-order valence-electron chi connectivity index (χ4n) is 4.16. The fourth-order valence-corrected chi connectivity index (χ4v) is 4.26. The number of fused-ring (bicyclic) bond motifs is 1. The molecule has 4 atom stereocenters. The van der Waals surface area contributed by atoms with Gasteiger partial charge in [0.1, 0.15) is 12.1 Å². The van der Waals surface area contributed by atoms with Crippen molar-refractivity contribution in [3.63, 3.8) is 0 Å². The SMILES string of the molecule is C[C@](C(=O)NC1C2COCC21)(c1cncnc1)N(C(=O)[C@H](F)Cl)c1ccc(OC(F)(F)F)cc1. The van der Waals surface area contributed by atoms with Crippen molar-refractivity contribution < 1.29 is 36.6 Å². The quantitative estimate of drug-likeness (QED) is 0.462. The number of nitrogens with one attached hydrogen (secondary N) is 1. The molecule has 1 aromatic heterocycles. The highest BCUT2D eigenvalue weighted by molar-refractivity contribution is 6.32. The zero-order valence-corrected chi connectivity index (χ0v) is 18.4. The second-order valence-electron chi connectivity index (χ2n) is 8.08. The molecule has 1 saturated heterocycles. The summed E-state index contributed by atoms with van der Waals surface area (Å²) >= 11 is 5.47. The highest BCUT2D eigenvalue weighted by Crippen LogP contribution is 2.45. The summed E-state index contributed by atoms with van der Waals surface area (Å²) in [4.78, 5) is 35.1. The first kappa shape index (κ1) is 24.1. The number of rotatable bonds is 7. The van der Waals surface area contributed by atoms with E-state index in [2.05, 4.69) is 20.0 Å². The molecule has 4 rings (SSSR count). The van der Waals surface area contributed by atoms with Crippen LogP contribution in [0.1, 0.15) is 12.5 Å². The number of alkyl halides is 5. The third-order valence-electron chi connectivity index (χ3n) is 6.00. The highest BCUT2D eigenvalue weighted by Gasteiger charge is 2.57. The van der Waals surface area contributed by atoms with Gasteiger partial charge in [0.05, 0.1) is 13.2 Å². The molecule has 2 fully saturated rings. The predicted molar refractivity (Wildman–Crippen MR) is 110 cm³/mol. The first-order chi connectivity index (χ1) is 16.0. The van der Waals surface area contributed by atoms with Crippen LogP contribution in [0.2, 0.25) is 0 Å². The summed E-state index contributed by atoms with van der Waals surface area (Å²) in [6.45, 7) is 2.32. The van der Waals surface area contributed by atoms with Crippen molar-refractivity contribution >= 4 is 29.1 Å². The molecule has 1 saturated carbocycles. The normalized spacial score (nSPS) is 23.9. The van der Waals surface area contributed by atoms with Gasteiger partial charge in [-0.25, -0.2) is 14.4 Å². The van der Waals surface area contributed by atoms with E-state index in [-0.39, 0.29) is 29.1 Å². The van der Waals surface area contributed by atoms with Gasteiger partial charge in [0, 0.05) is 41.5 Å². The number of aromatic nitrogens is 2. The van der Waals surface area contributed by atoms with Crippen LogP contribution in [0.25, 0.3) is 0 Å². The third kappa shape index (κ3) is 4.64. The third-order valence-corrected chi connectivity index (χ3v) is 6.18. The van der Waals surface area contributed by atoms with Crippen molar-refractivity contribution in [1.29, 1.82) is 0 Å². The molecule has 2 aromatic rings. The van der Waals surface area contributed by atoms with Crippen LogP contribution in [0, 0.1) is 11.8 Å². The summed E-state index contributed by atoms with van der Waals surface area (Å²) in [6.07, 6.45) is -1.16. The Hall–Kier alpha value is -2.99. The Balaban J connectivity index is 1.74. The second kappa shape index (κ2) is 8.99. The van der Waals surface area contributed by atoms with E-state index in [0.717, 1.165) is 29.2 Å². The monoisotopic (exact) mass is 502 g/mol. The van der Waals surface area contributed by atoms with E-state index >= 15 is 0 Å². The van der Waals surface area contributed by atoms with Gasteiger partial charge in [-0.3, -0.25) is 14.5 Å². The average molecular weight is 503 g/mol. The largest absolute Gasteiger partial charge is 0.573 e. The van der Waals surface area contributed by atoms with Crippen LogP contribution in [-0.4, -0.2) is 53.0 Å². The number of hydrogen-bond donors (Lipinski definition) is 1. The Labute approximate surface area is 196 Å². The molecule has 182 valence electrons. The van der Waals surface area contributed by atoms with Crippen LogP contribution in [0.5, 0.6) is 5.75 Å². The molecule has 2 heterocycles. The Kier molecular flexibility index (Phi) is 6.38. The maximum absolute atomic E-state index is 14.1. The number of ether oxygens (including phenoxy) is 2. The molecule has 0 radical (unpaired) electrons. The standard InChI is InChI=1S/C21H19ClF4N4O4/c1-20(11-6-27-10-28-7-11,19(32)29-16-14-8-33-9-15(14)16)30(18(31)17(22)23)12-2-4-13(5-3-12)34-21(24,25)26/h2-7,10,14-17H,8-9H2,1H3,(H,29,32)/t14?,15?,16?,17-,20+/m0/s1. The van der Waals surface area contributed by atoms with E-state index in [1.54, 1.807) is 0 Å². The van der Waals surface area contributed by atoms with Crippen LogP contribution in [-0.2, 0) is 19.9 Å². The molecule has 13 heteroatoms. The van der Waals surface area contributed by atoms with Gasteiger partial charge in [0.15, 0.2) is 5.54 Å². The van der Waals surface area contributed by atoms with Gasteiger partial charge < -0.3 is 14.8 Å². The van der Waals surface area contributed by atoms with E-state index < -0.39 is 35.1 Å². The Morgan fingerprint density at radius 2 is 1.76 bits per heavy atom. The first-order valence-electron chi connectivity index (χ1n) is 10.1. The van der Waals surface area contributed by atoms with Crippen LogP contribution in [0.3, 0.4) is 0 Å². The lowest BCUT2D eigenvalue weighted by Gasteiger charge is -2.40. The van der Waals surface area contributed by atoms with Gasteiger partial charge in [-0.1, -0.05) is 11.6 Å². The molecule has 1 aromatic carbocycles. The number of benzene rings is 1. The van der Waals surface area contributed by atoms with Gasteiger partial charge in [-0.05, 0) is 31.2 Å². The number of anilines is 1. The van der Waals surface area contributed by atoms with Gasteiger partial charge in [-0.2, -0.15) is 0 Å². The predicted octanol–water partition coefficient (Wildman–Crippen LogP) is 2.92. The summed E-state index contributed by atoms with van der Waals surface area (Å²) in [7, 11) is 0. The number of carbonyl (C=O) groups excluding carboxylic acids is 2. The van der Waals surface area contributed by atoms with E-state index in [0.29, 0.717) is 13.2 Å². The Morgan fingerprint density at radius 3 is 2.29 bits per heavy atom. The Morgan fingerprint density at radius 1 is 1.18 bits per heavy atom. The summed E-state index contributed by atoms with van der Waals surface area (Å²) in [6, 6.07) is 3.86. The lowest BCUT2D eigenvalue weighted by Crippen LogP contribution is -2.59. The fraction of sp³-hybridized carbons (Fsp3) is 0.429. The highest BCUT2D eigenvalue weighted by atomic mass is 35.5. The van der Waals surface area contributed by atoms with Crippen molar-refractivity contribution in [3.05, 3.63) is 48.5 Å². The minimum atomic E-state index is -4.93. The van der Waals surface area contributed by atoms with Gasteiger partial charge >= 0.3 is 6.36 Å². The average Bonchev–Trinajstić information content (AvgIpc) is 3.19. The van der Waals surface area contributed by atoms with E-state index in [1.165, 1.54) is 25.6 Å². The molecule has 8 nitrogen and oxygen atoms in total. The lowest BCUT2D eigenvalue weighted by atomic mass is 9.89. The summed E-state index contributed by atoms with van der Waals surface area (Å²) in [5, 5.41) is 2.87. The topological polar surface area (TPSA) is 93.6 Å². The van der Waals surface area contributed by atoms with Crippen molar-refractivity contribution in [2.45, 2.75) is 30.5 Å². The van der Waals surface area contributed by atoms with Crippen molar-refractivity contribution in [2.75, 3.05) is 18.1 Å². The molecule has 0 spiro atoms. The summed E-state index contributed by atoms with van der Waals surface area (Å²) in [5.41, 5.74) is -4.40. The molecule has 1 N–H and O–H groups in total. The molecular formula is C21H19ClF4N4O4. The molecule has 1 aliphatic carbocycles. The minimum Gasteiger partial charge on any atom is -0.406 e. The maximum atomic E-state index is 14.1. The van der Waals surface area contributed by atoms with Crippen LogP contribution >= 0.6 is 11.6 Å². The minimum absolute atomic E-state index is 0.0938. The van der Waals surface area contributed by atoms with Crippen molar-refractivity contribution in [1.82, 2.24) is 15.3 Å². The first-order valence-corrected chi connectivity index (χ1v) is 10.6. The van der Waals surface area contributed by atoms with E-state index in [9.17, 15) is 27.2 Å². The van der Waals surface area contributed by atoms with Gasteiger partial charge in [-0.15, -0.1) is 13.2 Å². The number of halogens is 5. The van der Waals surface area contributed by atoms with Gasteiger partial charge in [0.2, 0.25) is 0 Å². The zero-order chi connectivity index (χ0) is 24.7. The smallest absolute Gasteiger partial charge is 0.406 e. The molecule has 2 amide bonds. The zero-order valence-electron chi connectivity index (χ0n) is 17.6. The van der Waals surface area contributed by atoms with Crippen molar-refractivity contribution in [2.24, 2.45) is 11.8 Å². The van der Waals surface area contributed by atoms with E-state index in [4.69, 9.17) is 16.3 Å². The maximum Gasteiger partial charge on any atom is 0.573 e. The second-order valence-corrected chi connectivity index (χ2v) is 8.46. The van der Waals surface area contributed by atoms with Crippen LogP contribution in [0.4, 0.5) is 23.2 Å². The number of nitrogens with zero attached hydrogens (tertiary/aromatic N) is 3. The number of amides is 2. The Bertz CT molecular complexity index is 1050. The van der Waals surface area contributed by atoms with Gasteiger partial charge in [0.25, 0.3) is 17.4 Å². The van der Waals surface area contributed by atoms with Crippen molar-refractivity contribution in [3.8, 4) is 5.75 Å². The molecular weight excluding hydrogens is 484 g/mol.